The first-order valence-electron chi connectivity index (χ1n) is 33.3. The standard InChI is InChI=1S/C67H130O6/c1-6-8-9-10-11-12-13-14-15-16-17-18-21-27-32-37-42-47-52-57-65(68)71-60-64(73-67(70)59-54-49-44-39-34-29-22-19-20-25-30-35-40-45-50-55-62(3)4)61-72-66(69)58-53-48-43-38-33-28-24-23-26-31-36-41-46-51-56-63(5)7-2/h62-64H,6-61H2,1-5H3/t63?,64-/m1/s1. The lowest BCUT2D eigenvalue weighted by molar-refractivity contribution is -0.167. The molecule has 0 aliphatic carbocycles. The van der Waals surface area contributed by atoms with Crippen molar-refractivity contribution >= 4 is 17.9 Å². The molecule has 0 bridgehead atoms. The minimum absolute atomic E-state index is 0.0616. The molecule has 434 valence electrons. The van der Waals surface area contributed by atoms with E-state index in [0.717, 1.165) is 69.6 Å². The zero-order valence-electron chi connectivity index (χ0n) is 50.3. The number of hydrogen-bond donors (Lipinski definition) is 0. The van der Waals surface area contributed by atoms with Gasteiger partial charge in [0.1, 0.15) is 13.2 Å². The van der Waals surface area contributed by atoms with Gasteiger partial charge < -0.3 is 14.2 Å². The van der Waals surface area contributed by atoms with Crippen LogP contribution in [0.3, 0.4) is 0 Å². The predicted octanol–water partition coefficient (Wildman–Crippen LogP) is 22.4. The van der Waals surface area contributed by atoms with Gasteiger partial charge in [-0.05, 0) is 31.1 Å². The van der Waals surface area contributed by atoms with Crippen LogP contribution in [-0.2, 0) is 28.6 Å². The van der Waals surface area contributed by atoms with E-state index in [1.807, 2.05) is 0 Å². The van der Waals surface area contributed by atoms with E-state index in [4.69, 9.17) is 14.2 Å². The van der Waals surface area contributed by atoms with Crippen molar-refractivity contribution in [2.24, 2.45) is 11.8 Å². The van der Waals surface area contributed by atoms with E-state index in [9.17, 15) is 14.4 Å². The van der Waals surface area contributed by atoms with Gasteiger partial charge in [-0.15, -0.1) is 0 Å². The van der Waals surface area contributed by atoms with Crippen molar-refractivity contribution in [1.29, 1.82) is 0 Å². The fraction of sp³-hybridized carbons (Fsp3) is 0.955. The van der Waals surface area contributed by atoms with Crippen molar-refractivity contribution in [2.75, 3.05) is 13.2 Å². The largest absolute Gasteiger partial charge is 0.462 e. The van der Waals surface area contributed by atoms with Gasteiger partial charge >= 0.3 is 17.9 Å². The normalized spacial score (nSPS) is 12.4. The number of rotatable bonds is 61. The van der Waals surface area contributed by atoms with E-state index >= 15 is 0 Å². The molecule has 0 aliphatic heterocycles. The third kappa shape index (κ3) is 59.5. The molecule has 73 heavy (non-hydrogen) atoms. The molecule has 2 atom stereocenters. The minimum atomic E-state index is -0.764. The van der Waals surface area contributed by atoms with Crippen LogP contribution in [0.4, 0.5) is 0 Å². The zero-order chi connectivity index (χ0) is 53.2. The van der Waals surface area contributed by atoms with Gasteiger partial charge in [0.2, 0.25) is 0 Å². The minimum Gasteiger partial charge on any atom is -0.462 e. The summed E-state index contributed by atoms with van der Waals surface area (Å²) in [5.41, 5.74) is 0. The van der Waals surface area contributed by atoms with Crippen molar-refractivity contribution in [1.82, 2.24) is 0 Å². The predicted molar refractivity (Wildman–Crippen MR) is 316 cm³/mol. The van der Waals surface area contributed by atoms with Crippen LogP contribution in [0.1, 0.15) is 381 Å². The molecule has 0 radical (unpaired) electrons. The highest BCUT2D eigenvalue weighted by atomic mass is 16.6. The summed E-state index contributed by atoms with van der Waals surface area (Å²) in [6, 6.07) is 0. The Kier molecular flexibility index (Phi) is 58.4. The topological polar surface area (TPSA) is 78.9 Å². The van der Waals surface area contributed by atoms with Gasteiger partial charge in [-0.1, -0.05) is 343 Å². The Bertz CT molecular complexity index is 1120. The SMILES string of the molecule is CCCCCCCCCCCCCCCCCCCCCC(=O)OC[C@H](COC(=O)CCCCCCCCCCCCCCCCC(C)CC)OC(=O)CCCCCCCCCCCCCCCCCC(C)C. The van der Waals surface area contributed by atoms with Crippen molar-refractivity contribution in [2.45, 2.75) is 387 Å². The first-order valence-corrected chi connectivity index (χ1v) is 33.3. The monoisotopic (exact) mass is 1030 g/mol. The molecule has 1 unspecified atom stereocenters. The molecular formula is C67H130O6. The summed E-state index contributed by atoms with van der Waals surface area (Å²) in [5, 5.41) is 0. The second-order valence-corrected chi connectivity index (χ2v) is 23.8. The third-order valence-electron chi connectivity index (χ3n) is 15.8. The van der Waals surface area contributed by atoms with E-state index in [2.05, 4.69) is 34.6 Å². The van der Waals surface area contributed by atoms with Crippen molar-refractivity contribution in [3.05, 3.63) is 0 Å². The average Bonchev–Trinajstić information content (AvgIpc) is 3.38. The lowest BCUT2D eigenvalue weighted by Crippen LogP contribution is -2.30. The molecule has 0 rings (SSSR count). The molecule has 0 aromatic heterocycles. The molecule has 0 saturated carbocycles. The Morgan fingerprint density at radius 1 is 0.288 bits per heavy atom. The Balaban J connectivity index is 4.29. The molecule has 6 nitrogen and oxygen atoms in total. The van der Waals surface area contributed by atoms with Gasteiger partial charge in [0.05, 0.1) is 0 Å². The van der Waals surface area contributed by atoms with Crippen LogP contribution >= 0.6 is 0 Å². The van der Waals surface area contributed by atoms with Crippen LogP contribution in [0.15, 0.2) is 0 Å². The maximum absolute atomic E-state index is 12.9. The van der Waals surface area contributed by atoms with Crippen LogP contribution in [0.5, 0.6) is 0 Å². The Hall–Kier alpha value is -1.59. The van der Waals surface area contributed by atoms with Crippen LogP contribution in [0, 0.1) is 11.8 Å². The number of hydrogen-bond acceptors (Lipinski definition) is 6. The van der Waals surface area contributed by atoms with Gasteiger partial charge in [0, 0.05) is 19.3 Å². The summed E-state index contributed by atoms with van der Waals surface area (Å²) in [6.07, 6.45) is 66.7. The van der Waals surface area contributed by atoms with Gasteiger partial charge in [0.15, 0.2) is 6.10 Å². The van der Waals surface area contributed by atoms with Crippen molar-refractivity contribution in [3.8, 4) is 0 Å². The molecule has 6 heteroatoms. The molecule has 0 aromatic rings. The number of unbranched alkanes of at least 4 members (excludes halogenated alkanes) is 45. The number of ether oxygens (including phenoxy) is 3. The fourth-order valence-electron chi connectivity index (χ4n) is 10.4. The highest BCUT2D eigenvalue weighted by molar-refractivity contribution is 5.71. The summed E-state index contributed by atoms with van der Waals surface area (Å²) >= 11 is 0. The number of carbonyl (C=O) groups is 3. The molecule has 0 saturated heterocycles. The first-order chi connectivity index (χ1) is 35.8. The fourth-order valence-corrected chi connectivity index (χ4v) is 10.4. The Morgan fingerprint density at radius 2 is 0.521 bits per heavy atom. The molecule has 0 N–H and O–H groups in total. The molecule has 0 amide bonds. The first kappa shape index (κ1) is 71.4. The summed E-state index contributed by atoms with van der Waals surface area (Å²) < 4.78 is 17.0. The molecule has 0 heterocycles. The smallest absolute Gasteiger partial charge is 0.306 e. The van der Waals surface area contributed by atoms with Crippen LogP contribution in [-0.4, -0.2) is 37.2 Å². The maximum Gasteiger partial charge on any atom is 0.306 e. The Labute approximate surface area is 457 Å². The van der Waals surface area contributed by atoms with Gasteiger partial charge in [-0.25, -0.2) is 0 Å². The van der Waals surface area contributed by atoms with Crippen LogP contribution in [0.25, 0.3) is 0 Å². The quantitative estimate of drug-likeness (QED) is 0.0343. The zero-order valence-corrected chi connectivity index (χ0v) is 50.3. The second kappa shape index (κ2) is 59.7. The molecule has 0 aliphatic rings. The van der Waals surface area contributed by atoms with Crippen LogP contribution in [0.2, 0.25) is 0 Å². The lowest BCUT2D eigenvalue weighted by atomic mass is 9.99. The van der Waals surface area contributed by atoms with E-state index in [0.29, 0.717) is 19.3 Å². The highest BCUT2D eigenvalue weighted by Crippen LogP contribution is 2.20. The summed E-state index contributed by atoms with van der Waals surface area (Å²) in [5.74, 6) is 0.915. The summed E-state index contributed by atoms with van der Waals surface area (Å²) in [6.45, 7) is 11.5. The third-order valence-corrected chi connectivity index (χ3v) is 15.8. The van der Waals surface area contributed by atoms with E-state index in [-0.39, 0.29) is 31.1 Å². The Morgan fingerprint density at radius 3 is 0.781 bits per heavy atom. The molecule has 0 aromatic carbocycles. The van der Waals surface area contributed by atoms with Crippen molar-refractivity contribution in [3.63, 3.8) is 0 Å². The highest BCUT2D eigenvalue weighted by Gasteiger charge is 2.19. The molecule has 0 spiro atoms. The average molecular weight is 1030 g/mol. The second-order valence-electron chi connectivity index (χ2n) is 23.8. The van der Waals surface area contributed by atoms with E-state index in [1.165, 1.54) is 270 Å². The summed E-state index contributed by atoms with van der Waals surface area (Å²) in [4.78, 5) is 38.4. The van der Waals surface area contributed by atoms with Crippen molar-refractivity contribution < 1.29 is 28.6 Å². The summed E-state index contributed by atoms with van der Waals surface area (Å²) in [7, 11) is 0. The maximum atomic E-state index is 12.9. The molecular weight excluding hydrogens is 901 g/mol. The van der Waals surface area contributed by atoms with Crippen LogP contribution < -0.4 is 0 Å². The van der Waals surface area contributed by atoms with E-state index in [1.54, 1.807) is 0 Å². The molecule has 0 fully saturated rings. The lowest BCUT2D eigenvalue weighted by Gasteiger charge is -2.18. The number of esters is 3. The van der Waals surface area contributed by atoms with Gasteiger partial charge in [-0.2, -0.15) is 0 Å². The van der Waals surface area contributed by atoms with E-state index < -0.39 is 6.10 Å². The van der Waals surface area contributed by atoms with Gasteiger partial charge in [-0.3, -0.25) is 14.4 Å². The van der Waals surface area contributed by atoms with Gasteiger partial charge in [0.25, 0.3) is 0 Å². The number of carbonyl (C=O) groups excluding carboxylic acids is 3.